The van der Waals surface area contributed by atoms with E-state index in [2.05, 4.69) is 77.9 Å². The smallest absolute Gasteiger partial charge is 0.227 e. The molecule has 0 amide bonds. The van der Waals surface area contributed by atoms with Crippen LogP contribution in [0.5, 0.6) is 0 Å². The molecule has 1 atom stereocenters. The summed E-state index contributed by atoms with van der Waals surface area (Å²) in [6.07, 6.45) is 6.13. The normalized spacial score (nSPS) is 16.1. The molecule has 0 radical (unpaired) electrons. The summed E-state index contributed by atoms with van der Waals surface area (Å²) < 4.78 is 0. The van der Waals surface area contributed by atoms with E-state index in [9.17, 15) is 0 Å². The van der Waals surface area contributed by atoms with Crippen LogP contribution in [0.2, 0.25) is 5.02 Å². The van der Waals surface area contributed by atoms with Gasteiger partial charge in [0.15, 0.2) is 0 Å². The van der Waals surface area contributed by atoms with Crippen molar-refractivity contribution in [2.45, 2.75) is 25.7 Å². The topological polar surface area (TPSA) is 37.8 Å². The Hall–Kier alpha value is -3.43. The molecule has 1 unspecified atom stereocenters. The van der Waals surface area contributed by atoms with Crippen LogP contribution >= 0.6 is 11.6 Å². The summed E-state index contributed by atoms with van der Waals surface area (Å²) in [6, 6.07) is 23.2. The molecular formula is C28H22ClN3. The first-order valence-electron chi connectivity index (χ1n) is 10.9. The van der Waals surface area contributed by atoms with E-state index in [-0.39, 0.29) is 5.92 Å². The highest BCUT2D eigenvalue weighted by Crippen LogP contribution is 2.42. The molecule has 1 heterocycles. The van der Waals surface area contributed by atoms with Crippen LogP contribution < -0.4 is 5.32 Å². The van der Waals surface area contributed by atoms with Crippen molar-refractivity contribution in [3.63, 3.8) is 0 Å². The number of nitrogens with one attached hydrogen (secondary N) is 1. The second kappa shape index (κ2) is 7.61. The largest absolute Gasteiger partial charge is 0.324 e. The standard InChI is InChI=1S/C28H22ClN3/c1-17-12-19-8-11-23(14-20(19)13-17)31-28-30-16-21-15-26(18-6-9-22(29)10-7-18)24-4-2-3-5-25(24)27(21)32-28/h2-11,13-14,16,26H,12,15H2,1H3,(H,30,31,32). The number of hydrogen-bond acceptors (Lipinski definition) is 3. The maximum absolute atomic E-state index is 6.12. The van der Waals surface area contributed by atoms with E-state index >= 15 is 0 Å². The van der Waals surface area contributed by atoms with E-state index in [1.807, 2.05) is 18.3 Å². The molecule has 3 aromatic carbocycles. The maximum Gasteiger partial charge on any atom is 0.227 e. The van der Waals surface area contributed by atoms with Gasteiger partial charge >= 0.3 is 0 Å². The van der Waals surface area contributed by atoms with Gasteiger partial charge in [-0.1, -0.05) is 65.7 Å². The zero-order valence-electron chi connectivity index (χ0n) is 17.8. The Morgan fingerprint density at radius 1 is 0.969 bits per heavy atom. The van der Waals surface area contributed by atoms with Crippen molar-refractivity contribution in [3.05, 3.63) is 111 Å². The highest BCUT2D eigenvalue weighted by Gasteiger charge is 2.27. The lowest BCUT2D eigenvalue weighted by atomic mass is 9.78. The monoisotopic (exact) mass is 435 g/mol. The Bertz CT molecular complexity index is 1370. The number of anilines is 2. The van der Waals surface area contributed by atoms with Gasteiger partial charge in [-0.05, 0) is 71.8 Å². The van der Waals surface area contributed by atoms with Gasteiger partial charge in [0.05, 0.1) is 5.69 Å². The molecule has 2 aliphatic rings. The molecule has 32 heavy (non-hydrogen) atoms. The van der Waals surface area contributed by atoms with Gasteiger partial charge in [0, 0.05) is 28.4 Å². The average Bonchev–Trinajstić information content (AvgIpc) is 3.18. The van der Waals surface area contributed by atoms with Gasteiger partial charge in [-0.25, -0.2) is 9.97 Å². The van der Waals surface area contributed by atoms with E-state index in [0.29, 0.717) is 5.95 Å². The van der Waals surface area contributed by atoms with Crippen LogP contribution in [0.25, 0.3) is 17.3 Å². The zero-order chi connectivity index (χ0) is 21.7. The molecule has 0 fully saturated rings. The third-order valence-corrected chi connectivity index (χ3v) is 6.68. The van der Waals surface area contributed by atoms with Gasteiger partial charge in [-0.3, -0.25) is 0 Å². The fraction of sp³-hybridized carbons (Fsp3) is 0.143. The average molecular weight is 436 g/mol. The maximum atomic E-state index is 6.12. The molecule has 6 rings (SSSR count). The molecule has 0 saturated carbocycles. The molecule has 4 aromatic rings. The molecule has 2 aliphatic carbocycles. The molecule has 0 saturated heterocycles. The van der Waals surface area contributed by atoms with Gasteiger partial charge in [0.2, 0.25) is 5.95 Å². The van der Waals surface area contributed by atoms with Crippen LogP contribution in [0.3, 0.4) is 0 Å². The second-order valence-corrected chi connectivity index (χ2v) is 9.11. The molecule has 1 N–H and O–H groups in total. The summed E-state index contributed by atoms with van der Waals surface area (Å²) in [6.45, 7) is 2.18. The fourth-order valence-corrected chi connectivity index (χ4v) is 5.03. The van der Waals surface area contributed by atoms with Crippen molar-refractivity contribution in [3.8, 4) is 11.3 Å². The van der Waals surface area contributed by atoms with Crippen molar-refractivity contribution in [2.24, 2.45) is 0 Å². The predicted octanol–water partition coefficient (Wildman–Crippen LogP) is 7.19. The van der Waals surface area contributed by atoms with Gasteiger partial charge < -0.3 is 5.32 Å². The lowest BCUT2D eigenvalue weighted by molar-refractivity contribution is 0.782. The Morgan fingerprint density at radius 2 is 1.81 bits per heavy atom. The van der Waals surface area contributed by atoms with E-state index in [4.69, 9.17) is 16.6 Å². The summed E-state index contributed by atoms with van der Waals surface area (Å²) >= 11 is 6.12. The Balaban J connectivity index is 1.36. The Labute approximate surface area is 192 Å². The van der Waals surface area contributed by atoms with Crippen LogP contribution in [0.15, 0.2) is 78.5 Å². The summed E-state index contributed by atoms with van der Waals surface area (Å²) in [5.41, 5.74) is 11.0. The fourth-order valence-electron chi connectivity index (χ4n) is 4.90. The second-order valence-electron chi connectivity index (χ2n) is 8.67. The molecule has 0 spiro atoms. The molecular weight excluding hydrogens is 414 g/mol. The molecule has 0 aliphatic heterocycles. The number of aromatic nitrogens is 2. The van der Waals surface area contributed by atoms with Crippen molar-refractivity contribution >= 4 is 29.3 Å². The lowest BCUT2D eigenvalue weighted by Crippen LogP contribution is -2.15. The van der Waals surface area contributed by atoms with Crippen molar-refractivity contribution in [1.29, 1.82) is 0 Å². The van der Waals surface area contributed by atoms with Crippen molar-refractivity contribution in [1.82, 2.24) is 9.97 Å². The summed E-state index contributed by atoms with van der Waals surface area (Å²) in [7, 11) is 0. The number of fused-ring (bicyclic) bond motifs is 4. The highest BCUT2D eigenvalue weighted by atomic mass is 35.5. The number of rotatable bonds is 3. The number of halogens is 1. The minimum absolute atomic E-state index is 0.269. The first kappa shape index (κ1) is 19.3. The van der Waals surface area contributed by atoms with Crippen molar-refractivity contribution < 1.29 is 0 Å². The number of benzene rings is 3. The third-order valence-electron chi connectivity index (χ3n) is 6.43. The van der Waals surface area contributed by atoms with Crippen LogP contribution in [0.1, 0.15) is 40.7 Å². The number of allylic oxidation sites excluding steroid dienone is 1. The first-order chi connectivity index (χ1) is 15.6. The molecule has 0 bridgehead atoms. The number of nitrogens with zero attached hydrogens (tertiary/aromatic N) is 2. The van der Waals surface area contributed by atoms with Gasteiger partial charge in [0.1, 0.15) is 0 Å². The number of hydrogen-bond donors (Lipinski definition) is 1. The van der Waals surface area contributed by atoms with E-state index in [1.165, 1.54) is 39.0 Å². The molecule has 4 heteroatoms. The third kappa shape index (κ3) is 3.39. The Morgan fingerprint density at radius 3 is 2.69 bits per heavy atom. The van der Waals surface area contributed by atoms with Gasteiger partial charge in [-0.2, -0.15) is 0 Å². The van der Waals surface area contributed by atoms with Crippen LogP contribution in [-0.4, -0.2) is 9.97 Å². The zero-order valence-corrected chi connectivity index (χ0v) is 18.5. The summed E-state index contributed by atoms with van der Waals surface area (Å²) in [5, 5.41) is 4.17. The minimum atomic E-state index is 0.269. The molecule has 3 nitrogen and oxygen atoms in total. The lowest BCUT2D eigenvalue weighted by Gasteiger charge is -2.27. The van der Waals surface area contributed by atoms with Crippen LogP contribution in [-0.2, 0) is 12.8 Å². The van der Waals surface area contributed by atoms with Crippen molar-refractivity contribution in [2.75, 3.05) is 5.32 Å². The molecule has 156 valence electrons. The minimum Gasteiger partial charge on any atom is -0.324 e. The van der Waals surface area contributed by atoms with E-state index < -0.39 is 0 Å². The van der Waals surface area contributed by atoms with Crippen LogP contribution in [0, 0.1) is 0 Å². The predicted molar refractivity (Wildman–Crippen MR) is 132 cm³/mol. The first-order valence-corrected chi connectivity index (χ1v) is 11.3. The quantitative estimate of drug-likeness (QED) is 0.370. The summed E-state index contributed by atoms with van der Waals surface area (Å²) in [5.74, 6) is 0.896. The SMILES string of the molecule is CC1=Cc2cc(Nc3ncc4c(n3)-c3ccccc3C(c3ccc(Cl)cc3)C4)ccc2C1. The van der Waals surface area contributed by atoms with E-state index in [1.54, 1.807) is 0 Å². The van der Waals surface area contributed by atoms with Gasteiger partial charge in [0.25, 0.3) is 0 Å². The van der Waals surface area contributed by atoms with Crippen LogP contribution in [0.4, 0.5) is 11.6 Å². The molecule has 1 aromatic heterocycles. The Kier molecular flexibility index (Phi) is 4.58. The van der Waals surface area contributed by atoms with E-state index in [0.717, 1.165) is 29.2 Å². The van der Waals surface area contributed by atoms with Gasteiger partial charge in [-0.15, -0.1) is 0 Å². The summed E-state index contributed by atoms with van der Waals surface area (Å²) in [4.78, 5) is 9.59. The highest BCUT2D eigenvalue weighted by molar-refractivity contribution is 6.30.